The minimum absolute atomic E-state index is 0.142. The number of hydrogen-bond acceptors (Lipinski definition) is 4. The smallest absolute Gasteiger partial charge is 0.371 e. The number of rotatable bonds is 7. The van der Waals surface area contributed by atoms with Crippen LogP contribution in [-0.2, 0) is 34.6 Å². The molecule has 0 bridgehead atoms. The lowest BCUT2D eigenvalue weighted by atomic mass is 9.55. The Morgan fingerprint density at radius 3 is 2.18 bits per heavy atom. The molecule has 3 aromatic rings. The Morgan fingerprint density at radius 1 is 0.868 bits per heavy atom. The van der Waals surface area contributed by atoms with Crippen LogP contribution in [0.25, 0.3) is 0 Å². The molecule has 0 radical (unpaired) electrons. The van der Waals surface area contributed by atoms with E-state index in [9.17, 15) is 13.2 Å². The maximum absolute atomic E-state index is 13.6. The van der Waals surface area contributed by atoms with Gasteiger partial charge in [0.15, 0.2) is 0 Å². The zero-order valence-corrected chi connectivity index (χ0v) is 22.7. The molecule has 4 atom stereocenters. The van der Waals surface area contributed by atoms with Crippen LogP contribution >= 0.6 is 0 Å². The molecule has 0 N–H and O–H groups in total. The summed E-state index contributed by atoms with van der Waals surface area (Å²) in [5.74, 6) is 2.28. The lowest BCUT2D eigenvalue weighted by molar-refractivity contribution is -0.129. The van der Waals surface area contributed by atoms with E-state index in [-0.39, 0.29) is 18.5 Å². The lowest BCUT2D eigenvalue weighted by Gasteiger charge is -2.48. The third kappa shape index (κ3) is 4.69. The Morgan fingerprint density at radius 2 is 1.53 bits per heavy atom. The second-order valence-corrected chi connectivity index (χ2v) is 13.0. The molecule has 6 rings (SSSR count). The van der Waals surface area contributed by atoms with Crippen molar-refractivity contribution in [1.82, 2.24) is 4.31 Å². The quantitative estimate of drug-likeness (QED) is 0.353. The minimum atomic E-state index is -4.05. The average Bonchev–Trinajstić information content (AvgIpc) is 3.23. The van der Waals surface area contributed by atoms with Crippen molar-refractivity contribution in [2.45, 2.75) is 64.5 Å². The maximum Gasteiger partial charge on any atom is 0.385 e. The van der Waals surface area contributed by atoms with E-state index < -0.39 is 10.3 Å². The molecule has 3 aliphatic carbocycles. The zero-order valence-electron chi connectivity index (χ0n) is 21.9. The number of benzene rings is 3. The first-order chi connectivity index (χ1) is 18.3. The van der Waals surface area contributed by atoms with Crippen molar-refractivity contribution in [3.63, 3.8) is 0 Å². The summed E-state index contributed by atoms with van der Waals surface area (Å²) in [6.07, 6.45) is 5.67. The molecular weight excluding hydrogens is 494 g/mol. The van der Waals surface area contributed by atoms with E-state index in [1.807, 2.05) is 72.8 Å². The van der Waals surface area contributed by atoms with Crippen LogP contribution < -0.4 is 4.18 Å². The molecule has 0 heterocycles. The molecule has 2 fully saturated rings. The highest BCUT2D eigenvalue weighted by Gasteiger charge is 2.54. The molecule has 38 heavy (non-hydrogen) atoms. The molecule has 0 aromatic heterocycles. The Hall–Kier alpha value is -2.96. The number of hydrogen-bond donors (Lipinski definition) is 0. The Balaban J connectivity index is 1.23. The summed E-state index contributed by atoms with van der Waals surface area (Å²) in [6, 6.07) is 25.0. The molecule has 5 nitrogen and oxygen atoms in total. The SMILES string of the molecule is C[C@]12CCC3c4ccc(OS(=O)(=O)N(Cc5ccccc5)Cc5ccccc5)cc4CCC3C1CCC2=O. The van der Waals surface area contributed by atoms with Crippen LogP contribution in [0.2, 0.25) is 0 Å². The molecule has 0 spiro atoms. The predicted molar refractivity (Wildman–Crippen MR) is 148 cm³/mol. The number of nitrogens with zero attached hydrogens (tertiary/aromatic N) is 1. The summed E-state index contributed by atoms with van der Waals surface area (Å²) in [4.78, 5) is 12.6. The van der Waals surface area contributed by atoms with E-state index in [2.05, 4.69) is 13.0 Å². The van der Waals surface area contributed by atoms with E-state index in [1.54, 1.807) is 0 Å². The first-order valence-electron chi connectivity index (χ1n) is 13.8. The Labute approximate surface area is 226 Å². The van der Waals surface area contributed by atoms with E-state index >= 15 is 0 Å². The summed E-state index contributed by atoms with van der Waals surface area (Å²) in [5.41, 5.74) is 4.17. The number of carbonyl (C=O) groups is 1. The average molecular weight is 530 g/mol. The van der Waals surface area contributed by atoms with Crippen molar-refractivity contribution < 1.29 is 17.4 Å². The van der Waals surface area contributed by atoms with Crippen LogP contribution in [0.15, 0.2) is 78.9 Å². The van der Waals surface area contributed by atoms with Crippen LogP contribution in [0.5, 0.6) is 5.75 Å². The van der Waals surface area contributed by atoms with Gasteiger partial charge in [0, 0.05) is 24.9 Å². The van der Waals surface area contributed by atoms with E-state index in [0.29, 0.717) is 29.3 Å². The monoisotopic (exact) mass is 529 g/mol. The van der Waals surface area contributed by atoms with Crippen molar-refractivity contribution in [2.24, 2.45) is 17.3 Å². The van der Waals surface area contributed by atoms with Gasteiger partial charge in [-0.25, -0.2) is 0 Å². The highest BCUT2D eigenvalue weighted by atomic mass is 32.2. The lowest BCUT2D eigenvalue weighted by Crippen LogP contribution is -2.42. The topological polar surface area (TPSA) is 63.7 Å². The molecule has 0 saturated heterocycles. The van der Waals surface area contributed by atoms with Crippen molar-refractivity contribution in [1.29, 1.82) is 0 Å². The molecular formula is C32H35NO4S. The number of ketones is 1. The molecule has 3 aromatic carbocycles. The number of carbonyl (C=O) groups excluding carboxylic acids is 1. The minimum Gasteiger partial charge on any atom is -0.371 e. The van der Waals surface area contributed by atoms with Gasteiger partial charge in [0.05, 0.1) is 0 Å². The largest absolute Gasteiger partial charge is 0.385 e. The fourth-order valence-electron chi connectivity index (χ4n) is 7.34. The summed E-state index contributed by atoms with van der Waals surface area (Å²) < 4.78 is 34.3. The molecule has 3 aliphatic rings. The van der Waals surface area contributed by atoms with Crippen molar-refractivity contribution in [2.75, 3.05) is 0 Å². The molecule has 6 heteroatoms. The van der Waals surface area contributed by atoms with Crippen molar-refractivity contribution in [3.8, 4) is 5.75 Å². The van der Waals surface area contributed by atoms with Gasteiger partial charge in [0.2, 0.25) is 0 Å². The number of Topliss-reactive ketones (excluding diaryl/α,β-unsaturated/α-hetero) is 1. The molecule has 198 valence electrons. The molecule has 0 amide bonds. The third-order valence-corrected chi connectivity index (χ3v) is 10.6. The highest BCUT2D eigenvalue weighted by Crippen LogP contribution is 2.59. The van der Waals surface area contributed by atoms with Gasteiger partial charge in [-0.15, -0.1) is 0 Å². The summed E-state index contributed by atoms with van der Waals surface area (Å²) in [5, 5.41) is 0. The third-order valence-electron chi connectivity index (χ3n) is 9.33. The van der Waals surface area contributed by atoms with Crippen LogP contribution in [0.4, 0.5) is 0 Å². The van der Waals surface area contributed by atoms with Gasteiger partial charge in [-0.2, -0.15) is 12.7 Å². The highest BCUT2D eigenvalue weighted by molar-refractivity contribution is 7.84. The van der Waals surface area contributed by atoms with Gasteiger partial charge in [-0.3, -0.25) is 4.79 Å². The molecule has 2 saturated carbocycles. The normalized spacial score (nSPS) is 26.5. The van der Waals surface area contributed by atoms with Crippen molar-refractivity contribution in [3.05, 3.63) is 101 Å². The first-order valence-corrected chi connectivity index (χ1v) is 15.1. The first kappa shape index (κ1) is 25.3. The second kappa shape index (κ2) is 9.97. The summed E-state index contributed by atoms with van der Waals surface area (Å²) in [7, 11) is -4.05. The van der Waals surface area contributed by atoms with E-state index in [4.69, 9.17) is 4.18 Å². The fourth-order valence-corrected chi connectivity index (χ4v) is 8.41. The maximum atomic E-state index is 13.6. The van der Waals surface area contributed by atoms with Gasteiger partial charge >= 0.3 is 10.3 Å². The van der Waals surface area contributed by atoms with Crippen molar-refractivity contribution >= 4 is 16.1 Å². The van der Waals surface area contributed by atoms with Gasteiger partial charge in [-0.1, -0.05) is 73.7 Å². The molecule has 0 aliphatic heterocycles. The van der Waals surface area contributed by atoms with Crippen LogP contribution in [0.1, 0.15) is 67.2 Å². The summed E-state index contributed by atoms with van der Waals surface area (Å²) in [6.45, 7) is 2.65. The number of aryl methyl sites for hydroxylation is 1. The standard InChI is InChI=1S/C32H35NO4S/c1-32-19-18-28-27-15-13-26(20-25(27)12-14-29(28)30(32)16-17-31(32)34)37-38(35,36)33(21-23-8-4-2-5-9-23)22-24-10-6-3-7-11-24/h2-11,13,15,20,28-30H,12,14,16-19,21-22H2,1H3/t28?,29?,30?,32-/m0/s1. The van der Waals surface area contributed by atoms with Gasteiger partial charge < -0.3 is 4.18 Å². The second-order valence-electron chi connectivity index (χ2n) is 11.5. The van der Waals surface area contributed by atoms with Crippen LogP contribution in [0.3, 0.4) is 0 Å². The van der Waals surface area contributed by atoms with E-state index in [1.165, 1.54) is 15.4 Å². The Bertz CT molecular complexity index is 1380. The summed E-state index contributed by atoms with van der Waals surface area (Å²) >= 11 is 0. The zero-order chi connectivity index (χ0) is 26.3. The van der Waals surface area contributed by atoms with Gasteiger partial charge in [0.1, 0.15) is 11.5 Å². The van der Waals surface area contributed by atoms with Gasteiger partial charge in [0.25, 0.3) is 0 Å². The van der Waals surface area contributed by atoms with Crippen LogP contribution in [-0.4, -0.2) is 18.5 Å². The number of fused-ring (bicyclic) bond motifs is 5. The molecule has 3 unspecified atom stereocenters. The Kier molecular flexibility index (Phi) is 6.65. The predicted octanol–water partition coefficient (Wildman–Crippen LogP) is 6.44. The van der Waals surface area contributed by atoms with E-state index in [0.717, 1.165) is 49.7 Å². The van der Waals surface area contributed by atoms with Gasteiger partial charge in [-0.05, 0) is 84.2 Å². The fraction of sp³-hybridized carbons (Fsp3) is 0.406. The van der Waals surface area contributed by atoms with Crippen LogP contribution in [0, 0.1) is 17.3 Å².